The summed E-state index contributed by atoms with van der Waals surface area (Å²) < 4.78 is 0. The van der Waals surface area contributed by atoms with E-state index in [1.807, 2.05) is 42.5 Å². The van der Waals surface area contributed by atoms with Crippen LogP contribution in [0.5, 0.6) is 0 Å². The summed E-state index contributed by atoms with van der Waals surface area (Å²) in [7, 11) is 0. The van der Waals surface area contributed by atoms with E-state index in [2.05, 4.69) is 5.32 Å². The fourth-order valence-corrected chi connectivity index (χ4v) is 2.75. The third kappa shape index (κ3) is 2.14. The number of nitrogens with one attached hydrogen (secondary N) is 1. The van der Waals surface area contributed by atoms with E-state index in [0.717, 1.165) is 5.69 Å². The lowest BCUT2D eigenvalue weighted by Gasteiger charge is -2.16. The fourth-order valence-electron chi connectivity index (χ4n) is 2.75. The number of imide groups is 1. The lowest BCUT2D eigenvalue weighted by molar-refractivity contribution is -0.139. The highest BCUT2D eigenvalue weighted by Crippen LogP contribution is 2.34. The van der Waals surface area contributed by atoms with Crippen LogP contribution >= 0.6 is 0 Å². The van der Waals surface area contributed by atoms with Crippen LogP contribution in [-0.4, -0.2) is 23.4 Å². The van der Waals surface area contributed by atoms with Crippen LogP contribution < -0.4 is 5.32 Å². The molecule has 0 unspecified atom stereocenters. The van der Waals surface area contributed by atoms with Crippen molar-refractivity contribution >= 4 is 17.5 Å². The van der Waals surface area contributed by atoms with E-state index in [4.69, 9.17) is 0 Å². The largest absolute Gasteiger partial charge is 0.367 e. The Morgan fingerprint density at radius 3 is 2.16 bits per heavy atom. The van der Waals surface area contributed by atoms with E-state index in [1.165, 1.54) is 4.90 Å². The predicted octanol–water partition coefficient (Wildman–Crippen LogP) is 2.01. The Balaban J connectivity index is 1.69. The highest BCUT2D eigenvalue weighted by molar-refractivity contribution is 6.05. The van der Waals surface area contributed by atoms with Gasteiger partial charge < -0.3 is 5.32 Å². The number of likely N-dealkylation sites (tertiary alicyclic amines) is 1. The maximum Gasteiger partial charge on any atom is 0.234 e. The van der Waals surface area contributed by atoms with Gasteiger partial charge in [0.2, 0.25) is 11.8 Å². The van der Waals surface area contributed by atoms with Gasteiger partial charge in [0.25, 0.3) is 0 Å². The van der Waals surface area contributed by atoms with Crippen molar-refractivity contribution in [3.63, 3.8) is 0 Å². The summed E-state index contributed by atoms with van der Waals surface area (Å²) in [4.78, 5) is 25.8. The van der Waals surface area contributed by atoms with E-state index >= 15 is 0 Å². The van der Waals surface area contributed by atoms with Crippen molar-refractivity contribution in [3.8, 4) is 0 Å². The molecule has 1 aromatic rings. The Kier molecular flexibility index (Phi) is 3.07. The molecule has 1 N–H and O–H groups in total. The average molecular weight is 256 g/mol. The smallest absolute Gasteiger partial charge is 0.234 e. The van der Waals surface area contributed by atoms with Gasteiger partial charge in [0.15, 0.2) is 0 Å². The normalized spacial score (nSPS) is 25.6. The molecule has 1 fully saturated rings. The number of hydrogen-bond donors (Lipinski definition) is 1. The van der Waals surface area contributed by atoms with Gasteiger partial charge in [-0.1, -0.05) is 30.4 Å². The molecule has 0 aromatic heterocycles. The highest BCUT2D eigenvalue weighted by atomic mass is 16.2. The van der Waals surface area contributed by atoms with Gasteiger partial charge in [0.05, 0.1) is 18.5 Å². The molecular formula is C15H16N2O2. The molecule has 0 saturated carbocycles. The second-order valence-corrected chi connectivity index (χ2v) is 4.96. The number of hydrogen-bond acceptors (Lipinski definition) is 3. The quantitative estimate of drug-likeness (QED) is 0.665. The standard InChI is InChI=1S/C15H16N2O2/c18-14-12-8-4-5-9-13(12)15(19)17(14)10-16-11-6-2-1-3-7-11/h1-7,12-13,16H,8-10H2/t12-,13-/m0/s1. The minimum Gasteiger partial charge on any atom is -0.367 e. The number of rotatable bonds is 3. The van der Waals surface area contributed by atoms with E-state index in [9.17, 15) is 9.59 Å². The van der Waals surface area contributed by atoms with Crippen molar-refractivity contribution < 1.29 is 9.59 Å². The molecule has 1 aliphatic heterocycles. The zero-order valence-electron chi connectivity index (χ0n) is 10.6. The van der Waals surface area contributed by atoms with Crippen molar-refractivity contribution in [2.24, 2.45) is 11.8 Å². The van der Waals surface area contributed by atoms with Gasteiger partial charge >= 0.3 is 0 Å². The molecule has 0 spiro atoms. The van der Waals surface area contributed by atoms with Crippen molar-refractivity contribution in [1.29, 1.82) is 0 Å². The number of para-hydroxylation sites is 1. The van der Waals surface area contributed by atoms with E-state index in [0.29, 0.717) is 12.8 Å². The van der Waals surface area contributed by atoms with Gasteiger partial charge in [-0.2, -0.15) is 0 Å². The predicted molar refractivity (Wildman–Crippen MR) is 72.1 cm³/mol. The lowest BCUT2D eigenvalue weighted by Crippen LogP contribution is -2.35. The second-order valence-electron chi connectivity index (χ2n) is 4.96. The van der Waals surface area contributed by atoms with Gasteiger partial charge in [-0.25, -0.2) is 0 Å². The van der Waals surface area contributed by atoms with Crippen LogP contribution in [0.4, 0.5) is 5.69 Å². The Morgan fingerprint density at radius 1 is 1.00 bits per heavy atom. The van der Waals surface area contributed by atoms with Gasteiger partial charge in [-0.3, -0.25) is 14.5 Å². The molecule has 19 heavy (non-hydrogen) atoms. The molecule has 4 nitrogen and oxygen atoms in total. The summed E-state index contributed by atoms with van der Waals surface area (Å²) in [6, 6.07) is 9.59. The van der Waals surface area contributed by atoms with Crippen LogP contribution in [0.2, 0.25) is 0 Å². The first-order chi connectivity index (χ1) is 9.27. The minimum atomic E-state index is -0.143. The Hall–Kier alpha value is -2.10. The molecule has 1 heterocycles. The molecule has 4 heteroatoms. The van der Waals surface area contributed by atoms with E-state index in [1.54, 1.807) is 0 Å². The summed E-state index contributed by atoms with van der Waals surface area (Å²) in [5.74, 6) is -0.365. The molecule has 3 rings (SSSR count). The summed E-state index contributed by atoms with van der Waals surface area (Å²) in [5.41, 5.74) is 0.913. The maximum absolute atomic E-state index is 12.2. The molecular weight excluding hydrogens is 240 g/mol. The number of carbonyl (C=O) groups is 2. The topological polar surface area (TPSA) is 49.4 Å². The summed E-state index contributed by atoms with van der Waals surface area (Å²) >= 11 is 0. The van der Waals surface area contributed by atoms with Crippen LogP contribution in [0.3, 0.4) is 0 Å². The van der Waals surface area contributed by atoms with Gasteiger partial charge in [0.1, 0.15) is 0 Å². The van der Waals surface area contributed by atoms with Crippen molar-refractivity contribution in [1.82, 2.24) is 4.90 Å². The molecule has 2 atom stereocenters. The zero-order valence-corrected chi connectivity index (χ0v) is 10.6. The fraction of sp³-hybridized carbons (Fsp3) is 0.333. The maximum atomic E-state index is 12.2. The van der Waals surface area contributed by atoms with Gasteiger partial charge in [-0.15, -0.1) is 0 Å². The Bertz CT molecular complexity index is 498. The molecule has 98 valence electrons. The first kappa shape index (κ1) is 12.0. The molecule has 0 bridgehead atoms. The number of carbonyl (C=O) groups excluding carboxylic acids is 2. The Morgan fingerprint density at radius 2 is 1.58 bits per heavy atom. The third-order valence-electron chi connectivity index (χ3n) is 3.81. The van der Waals surface area contributed by atoms with Crippen molar-refractivity contribution in [2.75, 3.05) is 12.0 Å². The van der Waals surface area contributed by atoms with Crippen LogP contribution in [0.1, 0.15) is 12.8 Å². The number of benzene rings is 1. The number of amides is 2. The van der Waals surface area contributed by atoms with Crippen LogP contribution in [0.25, 0.3) is 0 Å². The number of anilines is 1. The molecule has 0 radical (unpaired) electrons. The first-order valence-corrected chi connectivity index (χ1v) is 6.56. The summed E-state index contributed by atoms with van der Waals surface area (Å²) in [6.07, 6.45) is 5.38. The Labute approximate surface area is 112 Å². The highest BCUT2D eigenvalue weighted by Gasteiger charge is 2.46. The number of nitrogens with zero attached hydrogens (tertiary/aromatic N) is 1. The van der Waals surface area contributed by atoms with Crippen LogP contribution in [0, 0.1) is 11.8 Å². The first-order valence-electron chi connectivity index (χ1n) is 6.56. The minimum absolute atomic E-state index is 0.0391. The SMILES string of the molecule is O=C1[C@H]2CC=CC[C@@H]2C(=O)N1CNc1ccccc1. The summed E-state index contributed by atoms with van der Waals surface area (Å²) in [5, 5.41) is 3.12. The van der Waals surface area contributed by atoms with E-state index < -0.39 is 0 Å². The molecule has 1 aromatic carbocycles. The van der Waals surface area contributed by atoms with Crippen LogP contribution in [0.15, 0.2) is 42.5 Å². The third-order valence-corrected chi connectivity index (χ3v) is 3.81. The zero-order chi connectivity index (χ0) is 13.2. The number of fused-ring (bicyclic) bond motifs is 1. The monoisotopic (exact) mass is 256 g/mol. The molecule has 1 aliphatic carbocycles. The number of allylic oxidation sites excluding steroid dienone is 2. The molecule has 2 aliphatic rings. The average Bonchev–Trinajstić information content (AvgIpc) is 2.71. The second kappa shape index (κ2) is 4.88. The van der Waals surface area contributed by atoms with E-state index in [-0.39, 0.29) is 30.3 Å². The van der Waals surface area contributed by atoms with Crippen LogP contribution in [-0.2, 0) is 9.59 Å². The van der Waals surface area contributed by atoms with Gasteiger partial charge in [-0.05, 0) is 25.0 Å². The van der Waals surface area contributed by atoms with Crippen molar-refractivity contribution in [2.45, 2.75) is 12.8 Å². The molecule has 2 amide bonds. The molecule has 1 saturated heterocycles. The van der Waals surface area contributed by atoms with Gasteiger partial charge in [0, 0.05) is 5.69 Å². The summed E-state index contributed by atoms with van der Waals surface area (Å²) in [6.45, 7) is 0.259. The van der Waals surface area contributed by atoms with Crippen molar-refractivity contribution in [3.05, 3.63) is 42.5 Å². The lowest BCUT2D eigenvalue weighted by atomic mass is 9.85.